The summed E-state index contributed by atoms with van der Waals surface area (Å²) in [6.07, 6.45) is 3.58. The van der Waals surface area contributed by atoms with Crippen molar-refractivity contribution in [2.75, 3.05) is 19.5 Å². The van der Waals surface area contributed by atoms with E-state index in [-0.39, 0.29) is 5.25 Å². The highest BCUT2D eigenvalue weighted by atomic mass is 79.9. The molecule has 4 nitrogen and oxygen atoms in total. The van der Waals surface area contributed by atoms with E-state index in [1.807, 2.05) is 16.4 Å². The molecule has 1 saturated heterocycles. The van der Waals surface area contributed by atoms with Crippen molar-refractivity contribution in [1.82, 2.24) is 9.78 Å². The molecular weight excluding hydrogens is 316 g/mol. The molecule has 1 aromatic rings. The number of hydrogen-bond donors (Lipinski definition) is 1. The zero-order valence-electron chi connectivity index (χ0n) is 10.7. The minimum atomic E-state index is -0.800. The van der Waals surface area contributed by atoms with Gasteiger partial charge in [-0.2, -0.15) is 16.9 Å². The molecule has 2 atom stereocenters. The fourth-order valence-electron chi connectivity index (χ4n) is 2.39. The molecule has 0 amide bonds. The van der Waals surface area contributed by atoms with Gasteiger partial charge in [-0.15, -0.1) is 0 Å². The van der Waals surface area contributed by atoms with E-state index in [1.165, 1.54) is 0 Å². The first kappa shape index (κ1) is 14.4. The third kappa shape index (κ3) is 2.61. The van der Waals surface area contributed by atoms with E-state index >= 15 is 0 Å². The smallest absolute Gasteiger partial charge is 0.119 e. The van der Waals surface area contributed by atoms with Gasteiger partial charge in [0.25, 0.3) is 0 Å². The van der Waals surface area contributed by atoms with E-state index < -0.39 is 5.60 Å². The second kappa shape index (κ2) is 5.94. The summed E-state index contributed by atoms with van der Waals surface area (Å²) in [6, 6.07) is 0. The highest BCUT2D eigenvalue weighted by Gasteiger charge is 2.42. The Hall–Kier alpha value is -0.0400. The standard InChI is InChI=1S/C12H19BrN2O2S/c1-9-12(16,4-3-7-18-9)11-10(13)8-14-15(11)5-6-17-2/h8-9,16H,3-7H2,1-2H3. The topological polar surface area (TPSA) is 47.3 Å². The van der Waals surface area contributed by atoms with E-state index in [9.17, 15) is 5.11 Å². The van der Waals surface area contributed by atoms with Crippen LogP contribution in [0.15, 0.2) is 10.7 Å². The molecule has 2 rings (SSSR count). The molecule has 0 spiro atoms. The molecule has 0 bridgehead atoms. The zero-order chi connectivity index (χ0) is 13.2. The van der Waals surface area contributed by atoms with Crippen LogP contribution in [0, 0.1) is 0 Å². The van der Waals surface area contributed by atoms with E-state index in [2.05, 4.69) is 28.0 Å². The van der Waals surface area contributed by atoms with Crippen LogP contribution in [0.2, 0.25) is 0 Å². The van der Waals surface area contributed by atoms with Crippen LogP contribution in [-0.2, 0) is 16.9 Å². The maximum Gasteiger partial charge on any atom is 0.119 e. The fraction of sp³-hybridized carbons (Fsp3) is 0.750. The molecule has 18 heavy (non-hydrogen) atoms. The predicted octanol–water partition coefficient (Wildman–Crippen LogP) is 2.40. The maximum atomic E-state index is 11.0. The molecule has 1 aliphatic heterocycles. The molecule has 6 heteroatoms. The minimum Gasteiger partial charge on any atom is -0.383 e. The van der Waals surface area contributed by atoms with Crippen molar-refractivity contribution in [2.24, 2.45) is 0 Å². The lowest BCUT2D eigenvalue weighted by molar-refractivity contribution is 0.0146. The predicted molar refractivity (Wildman–Crippen MR) is 76.9 cm³/mol. The number of halogens is 1. The number of aromatic nitrogens is 2. The lowest BCUT2D eigenvalue weighted by Gasteiger charge is -2.38. The summed E-state index contributed by atoms with van der Waals surface area (Å²) in [5.74, 6) is 1.12. The van der Waals surface area contributed by atoms with Crippen LogP contribution < -0.4 is 0 Å². The average Bonchev–Trinajstić information content (AvgIpc) is 2.72. The van der Waals surface area contributed by atoms with Gasteiger partial charge in [0, 0.05) is 12.4 Å². The molecule has 1 aromatic heterocycles. The van der Waals surface area contributed by atoms with Gasteiger partial charge in [-0.25, -0.2) is 0 Å². The van der Waals surface area contributed by atoms with Gasteiger partial charge in [-0.05, 0) is 34.5 Å². The highest BCUT2D eigenvalue weighted by molar-refractivity contribution is 9.10. The van der Waals surface area contributed by atoms with Gasteiger partial charge in [0.15, 0.2) is 0 Å². The highest BCUT2D eigenvalue weighted by Crippen LogP contribution is 2.43. The summed E-state index contributed by atoms with van der Waals surface area (Å²) in [5, 5.41) is 15.5. The van der Waals surface area contributed by atoms with Gasteiger partial charge >= 0.3 is 0 Å². The lowest BCUT2D eigenvalue weighted by atomic mass is 9.90. The molecular formula is C12H19BrN2O2S. The summed E-state index contributed by atoms with van der Waals surface area (Å²) in [5.41, 5.74) is 0.0886. The Morgan fingerprint density at radius 2 is 2.50 bits per heavy atom. The number of thioether (sulfide) groups is 1. The van der Waals surface area contributed by atoms with Crippen molar-refractivity contribution in [3.63, 3.8) is 0 Å². The molecule has 0 aromatic carbocycles. The third-order valence-corrected chi connectivity index (χ3v) is 5.45. The van der Waals surface area contributed by atoms with Crippen LogP contribution >= 0.6 is 27.7 Å². The molecule has 0 aliphatic carbocycles. The van der Waals surface area contributed by atoms with Crippen LogP contribution in [-0.4, -0.2) is 39.6 Å². The summed E-state index contributed by atoms with van der Waals surface area (Å²) in [6.45, 7) is 3.35. The number of methoxy groups -OCH3 is 1. The van der Waals surface area contributed by atoms with Crippen LogP contribution in [0.3, 0.4) is 0 Å². The van der Waals surface area contributed by atoms with Gasteiger partial charge in [0.1, 0.15) is 5.60 Å². The summed E-state index contributed by atoms with van der Waals surface area (Å²) < 4.78 is 7.84. The van der Waals surface area contributed by atoms with Crippen molar-refractivity contribution in [3.8, 4) is 0 Å². The SMILES string of the molecule is COCCn1ncc(Br)c1C1(O)CCCSC1C. The van der Waals surface area contributed by atoms with Gasteiger partial charge in [0.05, 0.1) is 29.5 Å². The molecule has 1 aliphatic rings. The quantitative estimate of drug-likeness (QED) is 0.918. The Morgan fingerprint density at radius 3 is 3.17 bits per heavy atom. The normalized spacial score (nSPS) is 28.6. The number of aliphatic hydroxyl groups is 1. The van der Waals surface area contributed by atoms with E-state index in [4.69, 9.17) is 4.74 Å². The third-order valence-electron chi connectivity index (χ3n) is 3.45. The summed E-state index contributed by atoms with van der Waals surface area (Å²) in [7, 11) is 1.67. The van der Waals surface area contributed by atoms with Crippen molar-refractivity contribution >= 4 is 27.7 Å². The number of hydrogen-bond acceptors (Lipinski definition) is 4. The van der Waals surface area contributed by atoms with Crippen LogP contribution in [0.4, 0.5) is 0 Å². The van der Waals surface area contributed by atoms with E-state index in [0.29, 0.717) is 13.2 Å². The van der Waals surface area contributed by atoms with E-state index in [1.54, 1.807) is 13.3 Å². The largest absolute Gasteiger partial charge is 0.383 e. The minimum absolute atomic E-state index is 0.181. The summed E-state index contributed by atoms with van der Waals surface area (Å²) >= 11 is 5.34. The number of nitrogens with zero attached hydrogens (tertiary/aromatic N) is 2. The van der Waals surface area contributed by atoms with Gasteiger partial charge in [-0.3, -0.25) is 4.68 Å². The number of ether oxygens (including phenoxy) is 1. The first-order valence-corrected chi connectivity index (χ1v) is 7.98. The fourth-order valence-corrected chi connectivity index (χ4v) is 4.20. The molecule has 1 fully saturated rings. The van der Waals surface area contributed by atoms with Crippen molar-refractivity contribution < 1.29 is 9.84 Å². The second-order valence-corrected chi connectivity index (χ2v) is 6.90. The maximum absolute atomic E-state index is 11.0. The Kier molecular flexibility index (Phi) is 4.75. The Labute approximate surface area is 120 Å². The Morgan fingerprint density at radius 1 is 1.72 bits per heavy atom. The Balaban J connectivity index is 2.32. The summed E-state index contributed by atoms with van der Waals surface area (Å²) in [4.78, 5) is 0. The van der Waals surface area contributed by atoms with Gasteiger partial charge in [-0.1, -0.05) is 6.92 Å². The van der Waals surface area contributed by atoms with Gasteiger partial charge < -0.3 is 9.84 Å². The van der Waals surface area contributed by atoms with Gasteiger partial charge in [0.2, 0.25) is 0 Å². The lowest BCUT2D eigenvalue weighted by Crippen LogP contribution is -2.41. The van der Waals surface area contributed by atoms with Crippen molar-refractivity contribution in [3.05, 3.63) is 16.4 Å². The molecule has 0 saturated carbocycles. The van der Waals surface area contributed by atoms with Crippen molar-refractivity contribution in [2.45, 2.75) is 37.2 Å². The molecule has 2 unspecified atom stereocenters. The molecule has 102 valence electrons. The molecule has 0 radical (unpaired) electrons. The Bertz CT molecular complexity index is 413. The first-order valence-electron chi connectivity index (χ1n) is 6.14. The van der Waals surface area contributed by atoms with Crippen molar-refractivity contribution in [1.29, 1.82) is 0 Å². The second-order valence-electron chi connectivity index (χ2n) is 4.60. The van der Waals surface area contributed by atoms with E-state index in [0.717, 1.165) is 28.8 Å². The zero-order valence-corrected chi connectivity index (χ0v) is 13.1. The monoisotopic (exact) mass is 334 g/mol. The number of rotatable bonds is 4. The van der Waals surface area contributed by atoms with Crippen LogP contribution in [0.5, 0.6) is 0 Å². The molecule has 2 heterocycles. The van der Waals surface area contributed by atoms with Crippen LogP contribution in [0.25, 0.3) is 0 Å². The average molecular weight is 335 g/mol. The first-order chi connectivity index (χ1) is 8.59. The van der Waals surface area contributed by atoms with Crippen LogP contribution in [0.1, 0.15) is 25.5 Å². The molecule has 1 N–H and O–H groups in total.